The number of nitrogens with one attached hydrogen (secondary N) is 1. The van der Waals surface area contributed by atoms with Gasteiger partial charge in [0.05, 0.1) is 16.7 Å². The Hall–Kier alpha value is -2.76. The average Bonchev–Trinajstić information content (AvgIpc) is 3.12. The maximum absolute atomic E-state index is 12.3. The van der Waals surface area contributed by atoms with Crippen LogP contribution in [0.2, 0.25) is 0 Å². The Labute approximate surface area is 166 Å². The van der Waals surface area contributed by atoms with Crippen molar-refractivity contribution < 1.29 is 19.0 Å². The molecular weight excluding hydrogens is 392 g/mol. The van der Waals surface area contributed by atoms with Crippen molar-refractivity contribution in [1.82, 2.24) is 20.4 Å². The average molecular weight is 411 g/mol. The molecule has 12 heteroatoms. The number of aromatic nitrogens is 2. The number of benzene rings is 1. The van der Waals surface area contributed by atoms with Crippen LogP contribution in [-0.4, -0.2) is 59.2 Å². The predicted molar refractivity (Wildman–Crippen MR) is 99.6 cm³/mol. The Kier molecular flexibility index (Phi) is 5.77. The quantitative estimate of drug-likeness (QED) is 0.577. The van der Waals surface area contributed by atoms with Crippen molar-refractivity contribution in [3.05, 3.63) is 40.0 Å². The molecule has 1 unspecified atom stereocenters. The number of nitro groups is 1. The number of amides is 1. The molecule has 1 amide bonds. The van der Waals surface area contributed by atoms with Crippen LogP contribution in [0.1, 0.15) is 17.8 Å². The number of hydrogen-bond donors (Lipinski definition) is 1. The van der Waals surface area contributed by atoms with Crippen molar-refractivity contribution in [3.8, 4) is 5.75 Å². The highest BCUT2D eigenvalue weighted by Crippen LogP contribution is 2.36. The standard InChI is InChI=1S/C16H18N6O5.ClH/c1-20-5-4-17-7-12(20)16-18-14(27-19-16)8-21-11-6-10(22(24)25)2-3-13(11)26-9-15(21)23;/h2-3,6,12,17H,4-5,7-9H2,1H3;1H. The zero-order valence-electron chi connectivity index (χ0n) is 15.0. The van der Waals surface area contributed by atoms with E-state index in [1.165, 1.54) is 23.1 Å². The van der Waals surface area contributed by atoms with Crippen molar-refractivity contribution in [1.29, 1.82) is 0 Å². The molecule has 11 nitrogen and oxygen atoms in total. The molecule has 0 aliphatic carbocycles. The SMILES string of the molecule is CN1CCNCC1c1noc(CN2C(=O)COc3ccc([N+](=O)[O-])cc32)n1.Cl. The van der Waals surface area contributed by atoms with E-state index < -0.39 is 4.92 Å². The molecule has 150 valence electrons. The van der Waals surface area contributed by atoms with Gasteiger partial charge in [-0.25, -0.2) is 0 Å². The first-order valence-corrected chi connectivity index (χ1v) is 8.48. The van der Waals surface area contributed by atoms with Gasteiger partial charge in [-0.3, -0.25) is 24.7 Å². The van der Waals surface area contributed by atoms with Crippen molar-refractivity contribution in [2.24, 2.45) is 0 Å². The molecule has 1 atom stereocenters. The van der Waals surface area contributed by atoms with E-state index in [9.17, 15) is 14.9 Å². The fourth-order valence-electron chi connectivity index (χ4n) is 3.17. The van der Waals surface area contributed by atoms with Gasteiger partial charge in [-0.15, -0.1) is 12.4 Å². The van der Waals surface area contributed by atoms with E-state index in [0.717, 1.165) is 13.1 Å². The van der Waals surface area contributed by atoms with Crippen LogP contribution >= 0.6 is 12.4 Å². The summed E-state index contributed by atoms with van der Waals surface area (Å²) in [6.07, 6.45) is 0. The number of anilines is 1. The largest absolute Gasteiger partial charge is 0.482 e. The summed E-state index contributed by atoms with van der Waals surface area (Å²) in [5.74, 6) is 0.867. The number of halogens is 1. The van der Waals surface area contributed by atoms with Gasteiger partial charge >= 0.3 is 0 Å². The molecule has 0 saturated carbocycles. The number of hydrogen-bond acceptors (Lipinski definition) is 9. The summed E-state index contributed by atoms with van der Waals surface area (Å²) in [5, 5.41) is 18.4. The molecule has 2 aliphatic heterocycles. The van der Waals surface area contributed by atoms with E-state index in [1.807, 2.05) is 7.05 Å². The minimum absolute atomic E-state index is 0. The summed E-state index contributed by atoms with van der Waals surface area (Å²) in [5.41, 5.74) is 0.190. The van der Waals surface area contributed by atoms with Gasteiger partial charge in [-0.1, -0.05) is 5.16 Å². The number of non-ortho nitro benzene ring substituents is 1. The Morgan fingerprint density at radius 3 is 3.00 bits per heavy atom. The molecule has 0 radical (unpaired) electrons. The number of carbonyl (C=O) groups is 1. The lowest BCUT2D eigenvalue weighted by molar-refractivity contribution is -0.384. The summed E-state index contributed by atoms with van der Waals surface area (Å²) in [6, 6.07) is 4.12. The minimum atomic E-state index is -0.520. The van der Waals surface area contributed by atoms with Crippen LogP contribution in [0.4, 0.5) is 11.4 Å². The van der Waals surface area contributed by atoms with Gasteiger partial charge in [0.2, 0.25) is 5.89 Å². The third kappa shape index (κ3) is 3.77. The summed E-state index contributed by atoms with van der Waals surface area (Å²) in [7, 11) is 1.99. The topological polar surface area (TPSA) is 127 Å². The Morgan fingerprint density at radius 2 is 2.25 bits per heavy atom. The minimum Gasteiger partial charge on any atom is -0.482 e. The Balaban J connectivity index is 0.00000225. The molecule has 28 heavy (non-hydrogen) atoms. The fraction of sp³-hybridized carbons (Fsp3) is 0.438. The Bertz CT molecular complexity index is 890. The van der Waals surface area contributed by atoms with Gasteiger partial charge in [0.15, 0.2) is 12.4 Å². The van der Waals surface area contributed by atoms with E-state index in [1.54, 1.807) is 0 Å². The summed E-state index contributed by atoms with van der Waals surface area (Å²) in [4.78, 5) is 30.8. The van der Waals surface area contributed by atoms with Gasteiger partial charge in [-0.2, -0.15) is 4.98 Å². The number of nitrogens with zero attached hydrogens (tertiary/aromatic N) is 5. The predicted octanol–water partition coefficient (Wildman–Crippen LogP) is 0.901. The maximum atomic E-state index is 12.3. The van der Waals surface area contributed by atoms with Crippen LogP contribution in [-0.2, 0) is 11.3 Å². The van der Waals surface area contributed by atoms with Crippen molar-refractivity contribution >= 4 is 29.7 Å². The number of rotatable bonds is 4. The summed E-state index contributed by atoms with van der Waals surface area (Å²) < 4.78 is 10.7. The van der Waals surface area contributed by atoms with Crippen LogP contribution in [0.15, 0.2) is 22.7 Å². The van der Waals surface area contributed by atoms with Crippen LogP contribution in [0.3, 0.4) is 0 Å². The molecule has 0 spiro atoms. The molecular formula is C16H19ClN6O5. The molecule has 4 rings (SSSR count). The van der Waals surface area contributed by atoms with Gasteiger partial charge in [0, 0.05) is 31.8 Å². The van der Waals surface area contributed by atoms with Crippen LogP contribution in [0.5, 0.6) is 5.75 Å². The number of likely N-dealkylation sites (N-methyl/N-ethyl adjacent to an activating group) is 1. The lowest BCUT2D eigenvalue weighted by Crippen LogP contribution is -2.44. The molecule has 1 saturated heterocycles. The highest BCUT2D eigenvalue weighted by atomic mass is 35.5. The first-order chi connectivity index (χ1) is 13.0. The zero-order chi connectivity index (χ0) is 19.0. The fourth-order valence-corrected chi connectivity index (χ4v) is 3.17. The number of carbonyl (C=O) groups excluding carboxylic acids is 1. The Morgan fingerprint density at radius 1 is 1.43 bits per heavy atom. The molecule has 1 N–H and O–H groups in total. The smallest absolute Gasteiger partial charge is 0.271 e. The van der Waals surface area contributed by atoms with Crippen molar-refractivity contribution in [2.75, 3.05) is 38.2 Å². The van der Waals surface area contributed by atoms with E-state index in [-0.39, 0.29) is 49.1 Å². The lowest BCUT2D eigenvalue weighted by Gasteiger charge is -2.30. The zero-order valence-corrected chi connectivity index (χ0v) is 15.8. The number of piperazine rings is 1. The number of ether oxygens (including phenoxy) is 1. The molecule has 3 heterocycles. The van der Waals surface area contributed by atoms with Gasteiger partial charge < -0.3 is 14.6 Å². The highest BCUT2D eigenvalue weighted by Gasteiger charge is 2.30. The van der Waals surface area contributed by atoms with E-state index >= 15 is 0 Å². The third-order valence-electron chi connectivity index (χ3n) is 4.68. The summed E-state index contributed by atoms with van der Waals surface area (Å²) >= 11 is 0. The molecule has 2 aromatic rings. The second kappa shape index (κ2) is 8.09. The molecule has 0 bridgehead atoms. The molecule has 1 aromatic carbocycles. The van der Waals surface area contributed by atoms with Crippen LogP contribution < -0.4 is 15.0 Å². The van der Waals surface area contributed by atoms with Crippen molar-refractivity contribution in [2.45, 2.75) is 12.6 Å². The normalized spacial score (nSPS) is 19.5. The first kappa shape index (κ1) is 20.0. The van der Waals surface area contributed by atoms with Crippen molar-refractivity contribution in [3.63, 3.8) is 0 Å². The molecule has 1 aromatic heterocycles. The molecule has 1 fully saturated rings. The molecule has 2 aliphatic rings. The van der Waals surface area contributed by atoms with Gasteiger partial charge in [0.1, 0.15) is 12.3 Å². The monoisotopic (exact) mass is 410 g/mol. The maximum Gasteiger partial charge on any atom is 0.271 e. The van der Waals surface area contributed by atoms with E-state index in [4.69, 9.17) is 9.26 Å². The van der Waals surface area contributed by atoms with E-state index in [2.05, 4.69) is 20.4 Å². The number of nitro benzene ring substituents is 1. The van der Waals surface area contributed by atoms with Crippen LogP contribution in [0.25, 0.3) is 0 Å². The first-order valence-electron chi connectivity index (χ1n) is 8.48. The van der Waals surface area contributed by atoms with E-state index in [0.29, 0.717) is 23.8 Å². The summed E-state index contributed by atoms with van der Waals surface area (Å²) in [6.45, 7) is 2.35. The lowest BCUT2D eigenvalue weighted by atomic mass is 10.2. The third-order valence-corrected chi connectivity index (χ3v) is 4.68. The second-order valence-corrected chi connectivity index (χ2v) is 6.42. The second-order valence-electron chi connectivity index (χ2n) is 6.42. The highest BCUT2D eigenvalue weighted by molar-refractivity contribution is 5.98. The number of fused-ring (bicyclic) bond motifs is 1. The van der Waals surface area contributed by atoms with Gasteiger partial charge in [0.25, 0.3) is 11.6 Å². The van der Waals surface area contributed by atoms with Gasteiger partial charge in [-0.05, 0) is 13.1 Å². The van der Waals surface area contributed by atoms with Crippen LogP contribution in [0, 0.1) is 10.1 Å².